The van der Waals surface area contributed by atoms with Crippen LogP contribution in [0.15, 0.2) is 18.2 Å². The molecule has 0 amide bonds. The molecular formula is C17H28N2O. The number of nitrogens with one attached hydrogen (secondary N) is 1. The molecule has 0 radical (unpaired) electrons. The van der Waals surface area contributed by atoms with Gasteiger partial charge in [0.25, 0.3) is 0 Å². The maximum Gasteiger partial charge on any atom is 0.123 e. The normalized spacial score (nSPS) is 14.8. The van der Waals surface area contributed by atoms with E-state index in [1.54, 1.807) is 7.11 Å². The third-order valence-corrected chi connectivity index (χ3v) is 3.87. The van der Waals surface area contributed by atoms with Crippen molar-refractivity contribution in [3.05, 3.63) is 29.3 Å². The zero-order valence-electron chi connectivity index (χ0n) is 13.1. The Morgan fingerprint density at radius 3 is 2.75 bits per heavy atom. The molecule has 3 nitrogen and oxygen atoms in total. The number of hydrogen-bond donors (Lipinski definition) is 1. The van der Waals surface area contributed by atoms with Gasteiger partial charge in [-0.2, -0.15) is 0 Å². The summed E-state index contributed by atoms with van der Waals surface area (Å²) in [5.41, 5.74) is 2.64. The largest absolute Gasteiger partial charge is 0.496 e. The lowest BCUT2D eigenvalue weighted by atomic mass is 10.1. The Morgan fingerprint density at radius 1 is 1.35 bits per heavy atom. The molecule has 3 heteroatoms. The van der Waals surface area contributed by atoms with Crippen molar-refractivity contribution in [1.29, 1.82) is 0 Å². The lowest BCUT2D eigenvalue weighted by molar-refractivity contribution is 0.251. The van der Waals surface area contributed by atoms with Crippen molar-refractivity contribution in [3.63, 3.8) is 0 Å². The van der Waals surface area contributed by atoms with Crippen LogP contribution in [0.2, 0.25) is 0 Å². The molecule has 112 valence electrons. The van der Waals surface area contributed by atoms with E-state index in [2.05, 4.69) is 35.3 Å². The van der Waals surface area contributed by atoms with Crippen LogP contribution in [0.1, 0.15) is 37.3 Å². The van der Waals surface area contributed by atoms with Crippen LogP contribution in [0.4, 0.5) is 0 Å². The van der Waals surface area contributed by atoms with E-state index in [4.69, 9.17) is 4.74 Å². The highest BCUT2D eigenvalue weighted by molar-refractivity contribution is 5.37. The third-order valence-electron chi connectivity index (χ3n) is 3.87. The molecule has 1 saturated carbocycles. The van der Waals surface area contributed by atoms with E-state index >= 15 is 0 Å². The molecular weight excluding hydrogens is 248 g/mol. The fourth-order valence-corrected chi connectivity index (χ4v) is 2.73. The zero-order chi connectivity index (χ0) is 14.4. The van der Waals surface area contributed by atoms with Crippen LogP contribution < -0.4 is 10.1 Å². The first-order valence-electron chi connectivity index (χ1n) is 7.79. The lowest BCUT2D eigenvalue weighted by Crippen LogP contribution is -2.26. The van der Waals surface area contributed by atoms with Gasteiger partial charge in [-0.25, -0.2) is 0 Å². The molecule has 1 N–H and O–H groups in total. The smallest absolute Gasteiger partial charge is 0.123 e. The fraction of sp³-hybridized carbons (Fsp3) is 0.647. The van der Waals surface area contributed by atoms with Gasteiger partial charge in [0.2, 0.25) is 0 Å². The predicted molar refractivity (Wildman–Crippen MR) is 84.0 cm³/mol. The molecule has 0 saturated heterocycles. The van der Waals surface area contributed by atoms with Gasteiger partial charge in [-0.3, -0.25) is 4.90 Å². The first-order chi connectivity index (χ1) is 9.76. The van der Waals surface area contributed by atoms with Gasteiger partial charge in [-0.1, -0.05) is 13.0 Å². The van der Waals surface area contributed by atoms with E-state index in [1.165, 1.54) is 43.5 Å². The fourth-order valence-electron chi connectivity index (χ4n) is 2.73. The summed E-state index contributed by atoms with van der Waals surface area (Å²) in [6.45, 7) is 6.59. The van der Waals surface area contributed by atoms with E-state index in [1.807, 2.05) is 7.05 Å². The first-order valence-corrected chi connectivity index (χ1v) is 7.79. The molecule has 0 bridgehead atoms. The first kappa shape index (κ1) is 15.3. The van der Waals surface area contributed by atoms with Gasteiger partial charge in [0.1, 0.15) is 5.75 Å². The van der Waals surface area contributed by atoms with Crippen molar-refractivity contribution in [2.45, 2.75) is 39.3 Å². The number of benzene rings is 1. The molecule has 1 aliphatic carbocycles. The Kier molecular flexibility index (Phi) is 5.86. The van der Waals surface area contributed by atoms with Gasteiger partial charge in [-0.05, 0) is 56.5 Å². The second kappa shape index (κ2) is 7.65. The topological polar surface area (TPSA) is 24.5 Å². The summed E-state index contributed by atoms with van der Waals surface area (Å²) < 4.78 is 5.53. The van der Waals surface area contributed by atoms with E-state index in [-0.39, 0.29) is 0 Å². The van der Waals surface area contributed by atoms with Gasteiger partial charge >= 0.3 is 0 Å². The van der Waals surface area contributed by atoms with Crippen molar-refractivity contribution in [1.82, 2.24) is 10.2 Å². The summed E-state index contributed by atoms with van der Waals surface area (Å²) in [5, 5.41) is 3.21. The van der Waals surface area contributed by atoms with Crippen LogP contribution in [0.5, 0.6) is 5.75 Å². The SMILES string of the molecule is CCCN(Cc1cc(CNC)ccc1OC)CC1CC1. The van der Waals surface area contributed by atoms with E-state index in [0.29, 0.717) is 0 Å². The standard InChI is InChI=1S/C17H28N2O/c1-4-9-19(12-14-5-6-14)13-16-10-15(11-18-2)7-8-17(16)20-3/h7-8,10,14,18H,4-6,9,11-13H2,1-3H3. The number of ether oxygens (including phenoxy) is 1. The number of methoxy groups -OCH3 is 1. The molecule has 1 fully saturated rings. The molecule has 1 aliphatic rings. The molecule has 0 aliphatic heterocycles. The Balaban J connectivity index is 2.08. The number of rotatable bonds is 9. The van der Waals surface area contributed by atoms with Crippen molar-refractivity contribution in [3.8, 4) is 5.75 Å². The van der Waals surface area contributed by atoms with Crippen LogP contribution in [-0.2, 0) is 13.1 Å². The summed E-state index contributed by atoms with van der Waals surface area (Å²) in [5.74, 6) is 1.95. The highest BCUT2D eigenvalue weighted by atomic mass is 16.5. The molecule has 0 unspecified atom stereocenters. The number of hydrogen-bond acceptors (Lipinski definition) is 3. The predicted octanol–water partition coefficient (Wildman–Crippen LogP) is 3.04. The Bertz CT molecular complexity index is 415. The highest BCUT2D eigenvalue weighted by Crippen LogP contribution is 2.31. The summed E-state index contributed by atoms with van der Waals surface area (Å²) in [6, 6.07) is 6.53. The van der Waals surface area contributed by atoms with Gasteiger partial charge in [-0.15, -0.1) is 0 Å². The van der Waals surface area contributed by atoms with Crippen LogP contribution in [0, 0.1) is 5.92 Å². The minimum absolute atomic E-state index is 0.910. The van der Waals surface area contributed by atoms with Crippen LogP contribution >= 0.6 is 0 Å². The summed E-state index contributed by atoms with van der Waals surface area (Å²) in [4.78, 5) is 2.58. The van der Waals surface area contributed by atoms with Crippen LogP contribution in [0.3, 0.4) is 0 Å². The Labute approximate surface area is 123 Å². The van der Waals surface area contributed by atoms with E-state index in [0.717, 1.165) is 24.8 Å². The molecule has 0 spiro atoms. The Morgan fingerprint density at radius 2 is 2.15 bits per heavy atom. The van der Waals surface area contributed by atoms with E-state index in [9.17, 15) is 0 Å². The van der Waals surface area contributed by atoms with Crippen molar-refractivity contribution < 1.29 is 4.74 Å². The molecule has 0 aromatic heterocycles. The van der Waals surface area contributed by atoms with Crippen LogP contribution in [0.25, 0.3) is 0 Å². The monoisotopic (exact) mass is 276 g/mol. The maximum absolute atomic E-state index is 5.53. The Hall–Kier alpha value is -1.06. The second-order valence-corrected chi connectivity index (χ2v) is 5.86. The minimum Gasteiger partial charge on any atom is -0.496 e. The van der Waals surface area contributed by atoms with Gasteiger partial charge in [0, 0.05) is 25.2 Å². The van der Waals surface area contributed by atoms with Crippen molar-refractivity contribution in [2.24, 2.45) is 5.92 Å². The number of nitrogens with zero attached hydrogens (tertiary/aromatic N) is 1. The minimum atomic E-state index is 0.910. The lowest BCUT2D eigenvalue weighted by Gasteiger charge is -2.23. The molecule has 2 rings (SSSR count). The van der Waals surface area contributed by atoms with E-state index < -0.39 is 0 Å². The average Bonchev–Trinajstić information content (AvgIpc) is 3.24. The third kappa shape index (κ3) is 4.50. The molecule has 20 heavy (non-hydrogen) atoms. The van der Waals surface area contributed by atoms with Crippen molar-refractivity contribution in [2.75, 3.05) is 27.2 Å². The zero-order valence-corrected chi connectivity index (χ0v) is 13.1. The van der Waals surface area contributed by atoms with Gasteiger partial charge in [0.05, 0.1) is 7.11 Å². The maximum atomic E-state index is 5.53. The summed E-state index contributed by atoms with van der Waals surface area (Å²) in [6.07, 6.45) is 4.04. The summed E-state index contributed by atoms with van der Waals surface area (Å²) >= 11 is 0. The van der Waals surface area contributed by atoms with Crippen molar-refractivity contribution >= 4 is 0 Å². The molecule has 0 atom stereocenters. The summed E-state index contributed by atoms with van der Waals surface area (Å²) in [7, 11) is 3.75. The quantitative estimate of drug-likeness (QED) is 0.750. The molecule has 1 aromatic rings. The molecule has 0 heterocycles. The second-order valence-electron chi connectivity index (χ2n) is 5.86. The molecule has 1 aromatic carbocycles. The van der Waals surface area contributed by atoms with Crippen LogP contribution in [-0.4, -0.2) is 32.1 Å². The highest BCUT2D eigenvalue weighted by Gasteiger charge is 2.24. The van der Waals surface area contributed by atoms with Gasteiger partial charge in [0.15, 0.2) is 0 Å². The average molecular weight is 276 g/mol. The van der Waals surface area contributed by atoms with Gasteiger partial charge < -0.3 is 10.1 Å².